The highest BCUT2D eigenvalue weighted by molar-refractivity contribution is 9.10. The molecule has 0 bridgehead atoms. The van der Waals surface area contributed by atoms with Crippen molar-refractivity contribution in [1.82, 2.24) is 4.57 Å². The summed E-state index contributed by atoms with van der Waals surface area (Å²) in [5.74, 6) is -2.30. The van der Waals surface area contributed by atoms with E-state index in [1.54, 1.807) is 6.07 Å². The van der Waals surface area contributed by atoms with E-state index in [9.17, 15) is 14.7 Å². The van der Waals surface area contributed by atoms with Gasteiger partial charge in [0.15, 0.2) is 5.58 Å². The van der Waals surface area contributed by atoms with Crippen molar-refractivity contribution >= 4 is 49.5 Å². The van der Waals surface area contributed by atoms with Crippen molar-refractivity contribution in [3.8, 4) is 5.75 Å². The van der Waals surface area contributed by atoms with Crippen LogP contribution in [0.5, 0.6) is 5.75 Å². The molecule has 0 aliphatic rings. The molecule has 2 aromatic carbocycles. The van der Waals surface area contributed by atoms with Gasteiger partial charge in [-0.3, -0.25) is 4.79 Å². The first-order chi connectivity index (χ1) is 13.8. The summed E-state index contributed by atoms with van der Waals surface area (Å²) < 4.78 is 12.9. The molecule has 148 valence electrons. The molecule has 0 radical (unpaired) electrons. The third-order valence-electron chi connectivity index (χ3n) is 4.97. The molecule has 0 aliphatic carbocycles. The molecule has 0 unspecified atom stereocenters. The summed E-state index contributed by atoms with van der Waals surface area (Å²) >= 11 is 3.52. The van der Waals surface area contributed by atoms with Gasteiger partial charge in [0.05, 0.1) is 29.1 Å². The van der Waals surface area contributed by atoms with Gasteiger partial charge in [0.25, 0.3) is 5.76 Å². The quantitative estimate of drug-likeness (QED) is 0.452. The van der Waals surface area contributed by atoms with Gasteiger partial charge in [0.1, 0.15) is 0 Å². The van der Waals surface area contributed by atoms with Crippen LogP contribution < -0.4 is 11.2 Å². The highest BCUT2D eigenvalue weighted by Gasteiger charge is 2.25. The lowest BCUT2D eigenvalue weighted by molar-refractivity contribution is 0.0560. The number of nitrogens with two attached hydrogens (primary N) is 1. The maximum Gasteiger partial charge on any atom is 0.378 e. The molecule has 0 aliphatic heterocycles. The Labute approximate surface area is 173 Å². The van der Waals surface area contributed by atoms with E-state index in [2.05, 4.69) is 20.7 Å². The number of benzene rings is 2. The maximum absolute atomic E-state index is 12.7. The van der Waals surface area contributed by atoms with Crippen LogP contribution in [0.2, 0.25) is 0 Å². The molecule has 8 heteroatoms. The third kappa shape index (κ3) is 2.87. The van der Waals surface area contributed by atoms with Crippen LogP contribution in [-0.4, -0.2) is 22.8 Å². The Bertz CT molecular complexity index is 1340. The number of nitrogens with zero attached hydrogens (tertiary/aromatic N) is 1. The van der Waals surface area contributed by atoms with Gasteiger partial charge in [-0.2, -0.15) is 0 Å². The first-order valence-corrected chi connectivity index (χ1v) is 9.53. The zero-order valence-electron chi connectivity index (χ0n) is 15.7. The minimum atomic E-state index is -0.948. The van der Waals surface area contributed by atoms with Crippen LogP contribution in [0.4, 0.5) is 5.69 Å². The molecule has 0 fully saturated rings. The molecule has 4 aromatic rings. The Morgan fingerprint density at radius 3 is 2.66 bits per heavy atom. The molecular weight excluding hydrogens is 440 g/mol. The smallest absolute Gasteiger partial charge is 0.378 e. The van der Waals surface area contributed by atoms with Gasteiger partial charge >= 0.3 is 5.97 Å². The number of hydrogen-bond donors (Lipinski definition) is 2. The lowest BCUT2D eigenvalue weighted by Crippen LogP contribution is -2.10. The van der Waals surface area contributed by atoms with E-state index in [0.29, 0.717) is 22.1 Å². The molecule has 0 amide bonds. The van der Waals surface area contributed by atoms with E-state index in [1.165, 1.54) is 0 Å². The molecule has 0 atom stereocenters. The van der Waals surface area contributed by atoms with Crippen LogP contribution >= 0.6 is 15.9 Å². The van der Waals surface area contributed by atoms with Crippen LogP contribution in [0.15, 0.2) is 50.1 Å². The summed E-state index contributed by atoms with van der Waals surface area (Å²) in [6, 6.07) is 11.4. The Morgan fingerprint density at radius 1 is 1.31 bits per heavy atom. The van der Waals surface area contributed by atoms with Crippen molar-refractivity contribution in [2.75, 3.05) is 12.8 Å². The minimum Gasteiger partial charge on any atom is -0.501 e. The van der Waals surface area contributed by atoms with E-state index in [0.717, 1.165) is 23.9 Å². The average molecular weight is 457 g/mol. The highest BCUT2D eigenvalue weighted by Crippen LogP contribution is 2.39. The largest absolute Gasteiger partial charge is 0.501 e. The second-order valence-corrected chi connectivity index (χ2v) is 7.48. The van der Waals surface area contributed by atoms with E-state index in [4.69, 9.17) is 10.2 Å². The number of fused-ring (bicyclic) bond motifs is 3. The van der Waals surface area contributed by atoms with Crippen molar-refractivity contribution < 1.29 is 19.1 Å². The van der Waals surface area contributed by atoms with Crippen LogP contribution in [0.3, 0.4) is 0 Å². The summed E-state index contributed by atoms with van der Waals surface area (Å²) in [6.45, 7) is 2.42. The highest BCUT2D eigenvalue weighted by atomic mass is 79.9. The fourth-order valence-electron chi connectivity index (χ4n) is 3.48. The summed E-state index contributed by atoms with van der Waals surface area (Å²) in [4.78, 5) is 24.6. The van der Waals surface area contributed by atoms with Gasteiger partial charge in [0, 0.05) is 16.7 Å². The lowest BCUT2D eigenvalue weighted by atomic mass is 10.1. The summed E-state index contributed by atoms with van der Waals surface area (Å²) in [5.41, 5.74) is 8.78. The van der Waals surface area contributed by atoms with Gasteiger partial charge in [-0.05, 0) is 34.5 Å². The molecule has 29 heavy (non-hydrogen) atoms. The number of nitrogen functional groups attached to an aromatic ring is 1. The van der Waals surface area contributed by atoms with Crippen LogP contribution in [-0.2, 0) is 11.3 Å². The second-order valence-electron chi connectivity index (χ2n) is 6.63. The maximum atomic E-state index is 12.7. The van der Waals surface area contributed by atoms with E-state index in [1.807, 2.05) is 41.8 Å². The van der Waals surface area contributed by atoms with Gasteiger partial charge < -0.3 is 24.6 Å². The van der Waals surface area contributed by atoms with Gasteiger partial charge in [-0.25, -0.2) is 4.79 Å². The Kier molecular flexibility index (Phi) is 4.58. The standard InChI is InChI=1S/C21H17BrN2O5/c1-10-15(23)14-16(24(10)9-11-6-4-3-5-7-11)13(22)8-12-17(25)18(26)20(21(27)28-2)29-19(12)14/h3-8,26H,9,23H2,1-2H3. The average Bonchev–Trinajstić information content (AvgIpc) is 2.97. The molecule has 0 spiro atoms. The first-order valence-electron chi connectivity index (χ1n) is 8.74. The zero-order chi connectivity index (χ0) is 20.9. The fraction of sp³-hybridized carbons (Fsp3) is 0.143. The van der Waals surface area contributed by atoms with Gasteiger partial charge in [-0.15, -0.1) is 0 Å². The summed E-state index contributed by atoms with van der Waals surface area (Å²) in [5, 5.41) is 10.7. The fourth-order valence-corrected chi connectivity index (χ4v) is 4.12. The molecule has 3 N–H and O–H groups in total. The Balaban J connectivity index is 2.11. The molecular formula is C21H17BrN2O5. The van der Waals surface area contributed by atoms with Crippen LogP contribution in [0.1, 0.15) is 21.8 Å². The normalized spacial score (nSPS) is 11.3. The van der Waals surface area contributed by atoms with E-state index >= 15 is 0 Å². The SMILES string of the molecule is COC(=O)c1oc2c(cc(Br)c3c2c(N)c(C)n3Cc2ccccc2)c(=O)c1O. The second kappa shape index (κ2) is 6.97. The van der Waals surface area contributed by atoms with Crippen molar-refractivity contribution in [3.63, 3.8) is 0 Å². The third-order valence-corrected chi connectivity index (χ3v) is 5.58. The van der Waals surface area contributed by atoms with Crippen molar-refractivity contribution in [2.45, 2.75) is 13.5 Å². The molecule has 7 nitrogen and oxygen atoms in total. The molecule has 4 rings (SSSR count). The number of carbonyl (C=O) groups is 1. The topological polar surface area (TPSA) is 108 Å². The number of halogens is 1. The number of rotatable bonds is 3. The van der Waals surface area contributed by atoms with E-state index in [-0.39, 0.29) is 11.0 Å². The number of anilines is 1. The Hall–Kier alpha value is -3.26. The van der Waals surface area contributed by atoms with Crippen LogP contribution in [0.25, 0.3) is 21.9 Å². The minimum absolute atomic E-state index is 0.109. The van der Waals surface area contributed by atoms with Gasteiger partial charge in [-0.1, -0.05) is 30.3 Å². The number of esters is 1. The van der Waals surface area contributed by atoms with Crippen molar-refractivity contribution in [3.05, 3.63) is 68.1 Å². The summed E-state index contributed by atoms with van der Waals surface area (Å²) in [7, 11) is 1.14. The number of aromatic hydroxyl groups is 1. The van der Waals surface area contributed by atoms with E-state index < -0.39 is 22.9 Å². The lowest BCUT2D eigenvalue weighted by Gasteiger charge is -2.11. The molecule has 2 aromatic heterocycles. The van der Waals surface area contributed by atoms with Crippen molar-refractivity contribution in [1.29, 1.82) is 0 Å². The zero-order valence-corrected chi connectivity index (χ0v) is 17.2. The van der Waals surface area contributed by atoms with Crippen molar-refractivity contribution in [2.24, 2.45) is 0 Å². The molecule has 0 saturated carbocycles. The Morgan fingerprint density at radius 2 is 2.00 bits per heavy atom. The molecule has 0 saturated heterocycles. The van der Waals surface area contributed by atoms with Gasteiger partial charge in [0.2, 0.25) is 11.2 Å². The monoisotopic (exact) mass is 456 g/mol. The number of methoxy groups -OCH3 is 1. The predicted octanol–water partition coefficient (Wildman–Crippen LogP) is 3.94. The number of ether oxygens (including phenoxy) is 1. The number of aromatic nitrogens is 1. The number of hydrogen-bond acceptors (Lipinski definition) is 6. The number of carbonyl (C=O) groups excluding carboxylic acids is 1. The predicted molar refractivity (Wildman–Crippen MR) is 113 cm³/mol. The molecule has 2 heterocycles. The first kappa shape index (κ1) is 19.1. The summed E-state index contributed by atoms with van der Waals surface area (Å²) in [6.07, 6.45) is 0. The van der Waals surface area contributed by atoms with Crippen LogP contribution in [0, 0.1) is 6.92 Å².